The molecule has 0 radical (unpaired) electrons. The molecule has 0 spiro atoms. The average Bonchev–Trinajstić information content (AvgIpc) is 2.69. The van der Waals surface area contributed by atoms with E-state index in [-0.39, 0.29) is 12.4 Å². The van der Waals surface area contributed by atoms with Gasteiger partial charge in [-0.25, -0.2) is 0 Å². The lowest BCUT2D eigenvalue weighted by molar-refractivity contribution is 0.284. The molecule has 0 bridgehead atoms. The molecule has 154 valence electrons. The van der Waals surface area contributed by atoms with Crippen molar-refractivity contribution in [2.45, 2.75) is 19.7 Å². The zero-order valence-electron chi connectivity index (χ0n) is 15.8. The van der Waals surface area contributed by atoms with Crippen LogP contribution in [0.1, 0.15) is 16.7 Å². The normalized spacial score (nSPS) is 10.3. The Morgan fingerprint density at radius 1 is 0.828 bits per heavy atom. The second-order valence-electron chi connectivity index (χ2n) is 6.22. The van der Waals surface area contributed by atoms with Gasteiger partial charge in [-0.1, -0.05) is 65.1 Å². The molecule has 1 N–H and O–H groups in total. The summed E-state index contributed by atoms with van der Waals surface area (Å²) >= 11 is 18.6. The molecule has 0 unspecified atom stereocenters. The van der Waals surface area contributed by atoms with Crippen molar-refractivity contribution >= 4 is 47.2 Å². The zero-order chi connectivity index (χ0) is 19.9. The molecule has 3 nitrogen and oxygen atoms in total. The Labute approximate surface area is 192 Å². The molecule has 0 aliphatic rings. The highest BCUT2D eigenvalue weighted by Gasteiger charge is 2.12. The summed E-state index contributed by atoms with van der Waals surface area (Å²) in [5.74, 6) is 1.12. The van der Waals surface area contributed by atoms with Crippen LogP contribution >= 0.6 is 47.2 Å². The predicted octanol–water partition coefficient (Wildman–Crippen LogP) is 6.95. The Hall–Kier alpha value is -1.62. The molecule has 3 aromatic carbocycles. The fraction of sp³-hybridized carbons (Fsp3) is 0.182. The molecule has 0 saturated carbocycles. The van der Waals surface area contributed by atoms with Crippen LogP contribution < -0.4 is 14.8 Å². The summed E-state index contributed by atoms with van der Waals surface area (Å²) < 4.78 is 11.4. The third kappa shape index (κ3) is 6.70. The van der Waals surface area contributed by atoms with Crippen LogP contribution in [0.2, 0.25) is 15.1 Å². The number of benzene rings is 3. The molecule has 0 aliphatic carbocycles. The maximum Gasteiger partial charge on any atom is 0.180 e. The number of methoxy groups -OCH3 is 1. The second kappa shape index (κ2) is 11.5. The van der Waals surface area contributed by atoms with E-state index in [1.165, 1.54) is 0 Å². The van der Waals surface area contributed by atoms with Gasteiger partial charge in [-0.15, -0.1) is 12.4 Å². The topological polar surface area (TPSA) is 30.5 Å². The first-order chi connectivity index (χ1) is 13.6. The van der Waals surface area contributed by atoms with Crippen LogP contribution in [0.4, 0.5) is 0 Å². The molecule has 0 heterocycles. The van der Waals surface area contributed by atoms with Crippen molar-refractivity contribution in [1.29, 1.82) is 0 Å². The van der Waals surface area contributed by atoms with Crippen molar-refractivity contribution in [3.8, 4) is 11.5 Å². The first-order valence-electron chi connectivity index (χ1n) is 8.74. The van der Waals surface area contributed by atoms with Crippen LogP contribution in [0.5, 0.6) is 11.5 Å². The van der Waals surface area contributed by atoms with Crippen molar-refractivity contribution in [1.82, 2.24) is 5.32 Å². The van der Waals surface area contributed by atoms with Crippen molar-refractivity contribution in [3.63, 3.8) is 0 Å². The van der Waals surface area contributed by atoms with Gasteiger partial charge in [0.15, 0.2) is 11.5 Å². The standard InChI is InChI=1S/C22H20Cl3NO2.ClH/c1-27-21-11-16(12-26-13-17-4-2-3-5-19(17)24)10-20(25)22(21)28-14-15-6-8-18(23)9-7-15;/h2-11,26H,12-14H2,1H3;1H. The smallest absolute Gasteiger partial charge is 0.180 e. The lowest BCUT2D eigenvalue weighted by atomic mass is 10.1. The molecule has 0 aliphatic heterocycles. The lowest BCUT2D eigenvalue weighted by Gasteiger charge is -2.15. The third-order valence-corrected chi connectivity index (χ3v) is 5.09. The van der Waals surface area contributed by atoms with Gasteiger partial charge in [-0.05, 0) is 47.0 Å². The van der Waals surface area contributed by atoms with Crippen LogP contribution in [0.25, 0.3) is 0 Å². The molecule has 0 saturated heterocycles. The third-order valence-electron chi connectivity index (χ3n) is 4.19. The second-order valence-corrected chi connectivity index (χ2v) is 7.47. The molecule has 0 atom stereocenters. The number of rotatable bonds is 8. The summed E-state index contributed by atoms with van der Waals surface area (Å²) in [5.41, 5.74) is 3.03. The van der Waals surface area contributed by atoms with E-state index in [1.807, 2.05) is 60.7 Å². The molecular formula is C22H21Cl4NO2. The van der Waals surface area contributed by atoms with Crippen LogP contribution in [-0.2, 0) is 19.7 Å². The van der Waals surface area contributed by atoms with Gasteiger partial charge in [0.25, 0.3) is 0 Å². The zero-order valence-corrected chi connectivity index (χ0v) is 18.8. The highest BCUT2D eigenvalue weighted by molar-refractivity contribution is 6.32. The quantitative estimate of drug-likeness (QED) is 0.384. The van der Waals surface area contributed by atoms with Crippen molar-refractivity contribution in [2.24, 2.45) is 0 Å². The molecule has 0 fully saturated rings. The van der Waals surface area contributed by atoms with Gasteiger partial charge in [-0.3, -0.25) is 0 Å². The molecule has 7 heteroatoms. The van der Waals surface area contributed by atoms with E-state index in [1.54, 1.807) is 7.11 Å². The van der Waals surface area contributed by atoms with E-state index in [0.29, 0.717) is 41.2 Å². The Bertz CT molecular complexity index is 933. The summed E-state index contributed by atoms with van der Waals surface area (Å²) in [6.07, 6.45) is 0. The first kappa shape index (κ1) is 23.7. The number of nitrogens with one attached hydrogen (secondary N) is 1. The van der Waals surface area contributed by atoms with Crippen LogP contribution in [0.15, 0.2) is 60.7 Å². The van der Waals surface area contributed by atoms with Gasteiger partial charge in [0.1, 0.15) is 6.61 Å². The van der Waals surface area contributed by atoms with Gasteiger partial charge in [0.05, 0.1) is 12.1 Å². The fourth-order valence-corrected chi connectivity index (χ4v) is 3.35. The first-order valence-corrected chi connectivity index (χ1v) is 9.88. The van der Waals surface area contributed by atoms with E-state index in [4.69, 9.17) is 44.3 Å². The SMILES string of the molecule is COc1cc(CNCc2ccccc2Cl)cc(Cl)c1OCc1ccc(Cl)cc1.Cl. The van der Waals surface area contributed by atoms with E-state index in [9.17, 15) is 0 Å². The lowest BCUT2D eigenvalue weighted by Crippen LogP contribution is -2.13. The fourth-order valence-electron chi connectivity index (χ4n) is 2.73. The highest BCUT2D eigenvalue weighted by Crippen LogP contribution is 2.37. The minimum atomic E-state index is 0. The largest absolute Gasteiger partial charge is 0.493 e. The predicted molar refractivity (Wildman–Crippen MR) is 123 cm³/mol. The summed E-state index contributed by atoms with van der Waals surface area (Å²) in [5, 5.41) is 5.31. The van der Waals surface area contributed by atoms with Crippen molar-refractivity contribution in [2.75, 3.05) is 7.11 Å². The highest BCUT2D eigenvalue weighted by atomic mass is 35.5. The summed E-state index contributed by atoms with van der Waals surface area (Å²) in [6, 6.07) is 19.0. The molecule has 0 aromatic heterocycles. The Kier molecular flexibility index (Phi) is 9.41. The Morgan fingerprint density at radius 2 is 1.55 bits per heavy atom. The van der Waals surface area contributed by atoms with Gasteiger partial charge in [-0.2, -0.15) is 0 Å². The van der Waals surface area contributed by atoms with E-state index in [0.717, 1.165) is 21.7 Å². The minimum Gasteiger partial charge on any atom is -0.493 e. The van der Waals surface area contributed by atoms with Crippen LogP contribution in [-0.4, -0.2) is 7.11 Å². The molecule has 3 rings (SSSR count). The van der Waals surface area contributed by atoms with E-state index in [2.05, 4.69) is 5.32 Å². The average molecular weight is 473 g/mol. The van der Waals surface area contributed by atoms with Gasteiger partial charge in [0, 0.05) is 23.1 Å². The molecule has 29 heavy (non-hydrogen) atoms. The number of hydrogen-bond acceptors (Lipinski definition) is 3. The molecule has 0 amide bonds. The Morgan fingerprint density at radius 3 is 2.24 bits per heavy atom. The summed E-state index contributed by atoms with van der Waals surface area (Å²) in [7, 11) is 1.60. The van der Waals surface area contributed by atoms with Crippen molar-refractivity contribution in [3.05, 3.63) is 92.4 Å². The monoisotopic (exact) mass is 471 g/mol. The van der Waals surface area contributed by atoms with E-state index >= 15 is 0 Å². The van der Waals surface area contributed by atoms with Gasteiger partial charge < -0.3 is 14.8 Å². The molecule has 3 aromatic rings. The Balaban J connectivity index is 0.00000300. The molecular weight excluding hydrogens is 452 g/mol. The number of ether oxygens (including phenoxy) is 2. The van der Waals surface area contributed by atoms with Gasteiger partial charge >= 0.3 is 0 Å². The number of halogens is 4. The number of hydrogen-bond donors (Lipinski definition) is 1. The van der Waals surface area contributed by atoms with Crippen LogP contribution in [0.3, 0.4) is 0 Å². The van der Waals surface area contributed by atoms with Gasteiger partial charge in [0.2, 0.25) is 0 Å². The van der Waals surface area contributed by atoms with Crippen LogP contribution in [0, 0.1) is 0 Å². The van der Waals surface area contributed by atoms with E-state index < -0.39 is 0 Å². The maximum atomic E-state index is 6.45. The minimum absolute atomic E-state index is 0. The summed E-state index contributed by atoms with van der Waals surface area (Å²) in [4.78, 5) is 0. The summed E-state index contributed by atoms with van der Waals surface area (Å²) in [6.45, 7) is 1.66. The maximum absolute atomic E-state index is 6.45. The van der Waals surface area contributed by atoms with Crippen molar-refractivity contribution < 1.29 is 9.47 Å².